The van der Waals surface area contributed by atoms with Gasteiger partial charge in [-0.15, -0.1) is 0 Å². The third kappa shape index (κ3) is 4.20. The molecule has 4 N–H and O–H groups in total. The van der Waals surface area contributed by atoms with Crippen LogP contribution in [0.5, 0.6) is 0 Å². The number of ether oxygens (including phenoxy) is 1. The van der Waals surface area contributed by atoms with Crippen molar-refractivity contribution in [2.45, 2.75) is 83.0 Å². The van der Waals surface area contributed by atoms with E-state index in [1.165, 1.54) is 0 Å². The first-order valence-corrected chi connectivity index (χ1v) is 15.9. The van der Waals surface area contributed by atoms with E-state index >= 15 is 0 Å². The van der Waals surface area contributed by atoms with Crippen LogP contribution in [-0.2, 0) is 4.74 Å². The number of Topliss-reactive ketones (excluding diaryl/α,β-unsaturated/α-hetero) is 1. The normalized spacial score (nSPS) is 42.7. The standard InChI is InChI=1S/C34H49NO7/c1-30-10-7-23(37)18-32(30)13-14-34(25(19-32)29(39)26-6-4-17-42-26)27(30)8-11-31(2)28(34)9-12-33(31,40)22-35(15-5-16-41-3)20-24(38)21-36/h4,6,13-14,17,19,23-24,27-28,36-38,40H,5,7-12,15-16,18,20-22H2,1-3H3. The van der Waals surface area contributed by atoms with Crippen LogP contribution < -0.4 is 0 Å². The highest BCUT2D eigenvalue weighted by atomic mass is 16.5. The minimum absolute atomic E-state index is 0.0423. The SMILES string of the molecule is COCCCN(CC(O)CO)CC1(O)CCC2C34C=CC5(C=C3C(=O)c3ccco3)CC(O)CCC5(C)C4CCC21C. The van der Waals surface area contributed by atoms with Crippen LogP contribution in [-0.4, -0.2) is 88.9 Å². The number of hydrogen-bond acceptors (Lipinski definition) is 8. The molecule has 0 aliphatic heterocycles. The van der Waals surface area contributed by atoms with E-state index < -0.39 is 28.6 Å². The van der Waals surface area contributed by atoms with Gasteiger partial charge in [0.25, 0.3) is 0 Å². The molecule has 0 radical (unpaired) electrons. The number of hydrogen-bond donors (Lipinski definition) is 4. The summed E-state index contributed by atoms with van der Waals surface area (Å²) in [5.74, 6) is 0.520. The van der Waals surface area contributed by atoms with Crippen LogP contribution in [0.1, 0.15) is 75.8 Å². The Morgan fingerprint density at radius 3 is 2.60 bits per heavy atom. The van der Waals surface area contributed by atoms with E-state index in [1.807, 2.05) is 0 Å². The van der Waals surface area contributed by atoms with Crippen molar-refractivity contribution in [3.8, 4) is 0 Å². The largest absolute Gasteiger partial charge is 0.461 e. The maximum Gasteiger partial charge on any atom is 0.224 e. The summed E-state index contributed by atoms with van der Waals surface area (Å²) in [4.78, 5) is 16.4. The topological polar surface area (TPSA) is 124 Å². The van der Waals surface area contributed by atoms with Crippen molar-refractivity contribution >= 4 is 5.78 Å². The Balaban J connectivity index is 1.41. The van der Waals surface area contributed by atoms with E-state index in [1.54, 1.807) is 25.5 Å². The number of carbonyl (C=O) groups is 1. The summed E-state index contributed by atoms with van der Waals surface area (Å²) in [6, 6.07) is 3.50. The van der Waals surface area contributed by atoms with Crippen LogP contribution in [0.4, 0.5) is 0 Å². The molecule has 3 fully saturated rings. The molecule has 0 aromatic carbocycles. The molecular formula is C34H49NO7. The van der Waals surface area contributed by atoms with Crippen LogP contribution in [0.15, 0.2) is 46.6 Å². The van der Waals surface area contributed by atoms with E-state index in [0.29, 0.717) is 38.3 Å². The molecule has 6 aliphatic rings. The van der Waals surface area contributed by atoms with Gasteiger partial charge in [-0.1, -0.05) is 32.1 Å². The molecule has 3 saturated carbocycles. The Hall–Kier alpha value is -1.81. The molecule has 2 spiro atoms. The van der Waals surface area contributed by atoms with Crippen molar-refractivity contribution in [3.05, 3.63) is 48.0 Å². The Bertz CT molecular complexity index is 1230. The fourth-order valence-electron chi connectivity index (χ4n) is 10.5. The molecule has 232 valence electrons. The first-order chi connectivity index (χ1) is 20.0. The average Bonchev–Trinajstić information content (AvgIpc) is 3.59. The van der Waals surface area contributed by atoms with Gasteiger partial charge in [0, 0.05) is 55.2 Å². The molecule has 7 rings (SSSR count). The molecule has 42 heavy (non-hydrogen) atoms. The van der Waals surface area contributed by atoms with Gasteiger partial charge in [0.2, 0.25) is 5.78 Å². The van der Waals surface area contributed by atoms with E-state index in [4.69, 9.17) is 9.15 Å². The molecule has 8 nitrogen and oxygen atoms in total. The lowest BCUT2D eigenvalue weighted by molar-refractivity contribution is -0.177. The minimum Gasteiger partial charge on any atom is -0.461 e. The van der Waals surface area contributed by atoms with Crippen molar-refractivity contribution < 1.29 is 34.4 Å². The summed E-state index contributed by atoms with van der Waals surface area (Å²) in [7, 11) is 1.67. The second-order valence-electron chi connectivity index (χ2n) is 14.5. The lowest BCUT2D eigenvalue weighted by Crippen LogP contribution is -2.67. The number of aliphatic hydroxyl groups is 4. The summed E-state index contributed by atoms with van der Waals surface area (Å²) in [5, 5.41) is 43.4. The van der Waals surface area contributed by atoms with Crippen molar-refractivity contribution in [1.29, 1.82) is 0 Å². The number of ketones is 1. The van der Waals surface area contributed by atoms with E-state index in [-0.39, 0.29) is 41.6 Å². The smallest absolute Gasteiger partial charge is 0.224 e. The second kappa shape index (κ2) is 10.7. The van der Waals surface area contributed by atoms with Crippen LogP contribution in [0.25, 0.3) is 0 Å². The Morgan fingerprint density at radius 2 is 1.88 bits per heavy atom. The zero-order valence-corrected chi connectivity index (χ0v) is 25.4. The fourth-order valence-corrected chi connectivity index (χ4v) is 10.5. The fraction of sp³-hybridized carbons (Fsp3) is 0.735. The van der Waals surface area contributed by atoms with Gasteiger partial charge in [-0.2, -0.15) is 0 Å². The quantitative estimate of drug-likeness (QED) is 0.177. The number of carbonyl (C=O) groups excluding carboxylic acids is 1. The van der Waals surface area contributed by atoms with Gasteiger partial charge in [0.05, 0.1) is 30.7 Å². The lowest BCUT2D eigenvalue weighted by Gasteiger charge is -2.71. The zero-order chi connectivity index (χ0) is 30.0. The van der Waals surface area contributed by atoms with Gasteiger partial charge in [-0.3, -0.25) is 9.69 Å². The molecule has 8 heteroatoms. The summed E-state index contributed by atoms with van der Waals surface area (Å²) >= 11 is 0. The van der Waals surface area contributed by atoms with Crippen molar-refractivity contribution in [2.75, 3.05) is 40.0 Å². The lowest BCUT2D eigenvalue weighted by atomic mass is 9.32. The Morgan fingerprint density at radius 1 is 1.14 bits per heavy atom. The number of fused-ring (bicyclic) bond motifs is 1. The molecule has 6 aliphatic carbocycles. The maximum absolute atomic E-state index is 14.3. The van der Waals surface area contributed by atoms with Crippen LogP contribution >= 0.6 is 0 Å². The number of furan rings is 1. The number of aliphatic hydroxyl groups excluding tert-OH is 3. The van der Waals surface area contributed by atoms with Gasteiger partial charge >= 0.3 is 0 Å². The van der Waals surface area contributed by atoms with Crippen molar-refractivity contribution in [2.24, 2.45) is 33.5 Å². The highest BCUT2D eigenvalue weighted by molar-refractivity contribution is 6.08. The number of nitrogens with zero attached hydrogens (tertiary/aromatic N) is 1. The second-order valence-corrected chi connectivity index (χ2v) is 14.5. The van der Waals surface area contributed by atoms with Crippen LogP contribution in [0, 0.1) is 33.5 Å². The van der Waals surface area contributed by atoms with Crippen molar-refractivity contribution in [3.63, 3.8) is 0 Å². The van der Waals surface area contributed by atoms with Crippen LogP contribution in [0.2, 0.25) is 0 Å². The van der Waals surface area contributed by atoms with E-state index in [0.717, 1.165) is 44.1 Å². The van der Waals surface area contributed by atoms with Gasteiger partial charge in [0.1, 0.15) is 0 Å². The van der Waals surface area contributed by atoms with Gasteiger partial charge in [-0.25, -0.2) is 0 Å². The number of rotatable bonds is 11. The van der Waals surface area contributed by atoms with Crippen molar-refractivity contribution in [1.82, 2.24) is 4.90 Å². The molecule has 9 unspecified atom stereocenters. The number of allylic oxidation sites excluding steroid dienone is 4. The van der Waals surface area contributed by atoms with Crippen LogP contribution in [0.3, 0.4) is 0 Å². The summed E-state index contributed by atoms with van der Waals surface area (Å²) < 4.78 is 10.9. The zero-order valence-electron chi connectivity index (χ0n) is 25.4. The monoisotopic (exact) mass is 583 g/mol. The predicted molar refractivity (Wildman–Crippen MR) is 158 cm³/mol. The first-order valence-electron chi connectivity index (χ1n) is 15.9. The maximum atomic E-state index is 14.3. The summed E-state index contributed by atoms with van der Waals surface area (Å²) in [6.07, 6.45) is 13.3. The minimum atomic E-state index is -1.03. The van der Waals surface area contributed by atoms with Gasteiger partial charge < -0.3 is 29.6 Å². The summed E-state index contributed by atoms with van der Waals surface area (Å²) in [6.45, 7) is 6.17. The molecule has 2 bridgehead atoms. The third-order valence-corrected chi connectivity index (χ3v) is 12.7. The molecular weight excluding hydrogens is 534 g/mol. The molecule has 0 saturated heterocycles. The molecule has 0 amide bonds. The third-order valence-electron chi connectivity index (χ3n) is 12.7. The molecule has 9 atom stereocenters. The average molecular weight is 584 g/mol. The van der Waals surface area contributed by atoms with E-state index in [9.17, 15) is 25.2 Å². The highest BCUT2D eigenvalue weighted by Gasteiger charge is 2.74. The van der Waals surface area contributed by atoms with Gasteiger partial charge in [0.15, 0.2) is 5.76 Å². The number of methoxy groups -OCH3 is 1. The summed E-state index contributed by atoms with van der Waals surface area (Å²) in [5.41, 5.74) is -1.72. The Kier molecular flexibility index (Phi) is 7.68. The Labute approximate surface area is 249 Å². The first kappa shape index (κ1) is 30.2. The van der Waals surface area contributed by atoms with Gasteiger partial charge in [-0.05, 0) is 80.8 Å². The molecule has 1 heterocycles. The predicted octanol–water partition coefficient (Wildman–Crippen LogP) is 3.75. The van der Waals surface area contributed by atoms with E-state index in [2.05, 4.69) is 37.0 Å². The molecule has 1 aromatic rings. The highest BCUT2D eigenvalue weighted by Crippen LogP contribution is 2.78. The molecule has 1 aromatic heterocycles.